The van der Waals surface area contributed by atoms with Crippen molar-refractivity contribution in [1.82, 2.24) is 15.5 Å². The van der Waals surface area contributed by atoms with Crippen molar-refractivity contribution in [3.63, 3.8) is 0 Å². The lowest BCUT2D eigenvalue weighted by molar-refractivity contribution is 0.0943. The maximum Gasteiger partial charge on any atom is 0.273 e. The summed E-state index contributed by atoms with van der Waals surface area (Å²) in [6.45, 7) is 2.67. The Morgan fingerprint density at radius 2 is 2.15 bits per heavy atom. The Kier molecular flexibility index (Phi) is 3.09. The second-order valence-electron chi connectivity index (χ2n) is 5.82. The van der Waals surface area contributed by atoms with Gasteiger partial charge in [0, 0.05) is 12.5 Å². The first kappa shape index (κ1) is 13.6. The maximum atomic E-state index is 12.1. The quantitative estimate of drug-likeness (QED) is 0.725. The minimum absolute atomic E-state index is 0.109. The first-order valence-corrected chi connectivity index (χ1v) is 8.31. The number of sulfonamides is 1. The summed E-state index contributed by atoms with van der Waals surface area (Å²) in [5.74, 6) is 0.755. The van der Waals surface area contributed by atoms with Crippen molar-refractivity contribution in [2.24, 2.45) is 17.0 Å². The first-order valence-electron chi connectivity index (χ1n) is 6.77. The van der Waals surface area contributed by atoms with Crippen molar-refractivity contribution in [2.45, 2.75) is 37.0 Å². The highest BCUT2D eigenvalue weighted by Crippen LogP contribution is 2.42. The van der Waals surface area contributed by atoms with Gasteiger partial charge in [0.05, 0.1) is 5.69 Å². The number of nitrogens with zero attached hydrogens (tertiary/aromatic N) is 1. The Labute approximate surface area is 117 Å². The molecule has 8 heteroatoms. The molecule has 2 unspecified atom stereocenters. The largest absolute Gasteiger partial charge is 0.350 e. The van der Waals surface area contributed by atoms with Crippen LogP contribution in [0.4, 0.5) is 0 Å². The summed E-state index contributed by atoms with van der Waals surface area (Å²) in [6, 6.07) is 0. The molecule has 7 nitrogen and oxygen atoms in total. The molecular formula is C12H18N4O3S. The molecule has 1 heterocycles. The number of amides is 1. The van der Waals surface area contributed by atoms with Gasteiger partial charge in [-0.1, -0.05) is 6.92 Å². The van der Waals surface area contributed by atoms with Crippen LogP contribution in [-0.4, -0.2) is 31.1 Å². The molecular weight excluding hydrogens is 280 g/mol. The van der Waals surface area contributed by atoms with Crippen LogP contribution in [0.5, 0.6) is 0 Å². The molecule has 0 saturated heterocycles. The fourth-order valence-corrected chi connectivity index (χ4v) is 3.35. The second kappa shape index (κ2) is 4.56. The van der Waals surface area contributed by atoms with Crippen LogP contribution < -0.4 is 10.5 Å². The molecule has 0 spiro atoms. The van der Waals surface area contributed by atoms with E-state index in [1.165, 1.54) is 0 Å². The number of H-pyrrole nitrogens is 1. The molecule has 2 aliphatic rings. The van der Waals surface area contributed by atoms with E-state index in [1.807, 2.05) is 0 Å². The van der Waals surface area contributed by atoms with Crippen molar-refractivity contribution in [2.75, 3.05) is 6.54 Å². The maximum absolute atomic E-state index is 12.1. The Morgan fingerprint density at radius 3 is 2.65 bits per heavy atom. The molecule has 2 fully saturated rings. The Morgan fingerprint density at radius 1 is 1.50 bits per heavy atom. The zero-order chi connectivity index (χ0) is 14.5. The van der Waals surface area contributed by atoms with Gasteiger partial charge in [0.1, 0.15) is 4.90 Å². The molecule has 20 heavy (non-hydrogen) atoms. The molecule has 0 radical (unpaired) electrons. The number of primary sulfonamides is 1. The fourth-order valence-electron chi connectivity index (χ4n) is 2.43. The number of carbonyl (C=O) groups is 1. The summed E-state index contributed by atoms with van der Waals surface area (Å²) >= 11 is 0. The van der Waals surface area contributed by atoms with Crippen molar-refractivity contribution in [3.05, 3.63) is 11.4 Å². The predicted octanol–water partition coefficient (Wildman–Crippen LogP) is 0.320. The molecule has 2 aliphatic carbocycles. The third-order valence-electron chi connectivity index (χ3n) is 4.03. The third-order valence-corrected chi connectivity index (χ3v) is 5.02. The molecule has 0 bridgehead atoms. The lowest BCUT2D eigenvalue weighted by Crippen LogP contribution is -2.28. The Bertz CT molecular complexity index is 648. The fraction of sp³-hybridized carbons (Fsp3) is 0.667. The minimum Gasteiger partial charge on any atom is -0.350 e. The van der Waals surface area contributed by atoms with E-state index < -0.39 is 15.9 Å². The van der Waals surface area contributed by atoms with E-state index in [0.717, 1.165) is 19.3 Å². The minimum atomic E-state index is -3.96. The number of aromatic amines is 1. The average Bonchev–Trinajstić information content (AvgIpc) is 3.26. The first-order chi connectivity index (χ1) is 9.38. The van der Waals surface area contributed by atoms with Crippen molar-refractivity contribution >= 4 is 15.9 Å². The second-order valence-corrected chi connectivity index (χ2v) is 7.32. The van der Waals surface area contributed by atoms with Crippen LogP contribution in [-0.2, 0) is 10.0 Å². The van der Waals surface area contributed by atoms with Crippen LogP contribution in [0.3, 0.4) is 0 Å². The monoisotopic (exact) mass is 298 g/mol. The van der Waals surface area contributed by atoms with Gasteiger partial charge in [-0.15, -0.1) is 0 Å². The SMILES string of the molecule is CC1CC1CNC(=O)c1n[nH]c(C2CC2)c1S(N)(=O)=O. The summed E-state index contributed by atoms with van der Waals surface area (Å²) in [4.78, 5) is 12.0. The smallest absolute Gasteiger partial charge is 0.273 e. The van der Waals surface area contributed by atoms with Crippen molar-refractivity contribution < 1.29 is 13.2 Å². The van der Waals surface area contributed by atoms with Crippen LogP contribution >= 0.6 is 0 Å². The highest BCUT2D eigenvalue weighted by atomic mass is 32.2. The summed E-state index contributed by atoms with van der Waals surface area (Å²) in [6.07, 6.45) is 2.88. The van der Waals surface area contributed by atoms with E-state index in [9.17, 15) is 13.2 Å². The molecule has 2 saturated carbocycles. The molecule has 1 aromatic heterocycles. The van der Waals surface area contributed by atoms with Gasteiger partial charge in [-0.25, -0.2) is 13.6 Å². The lowest BCUT2D eigenvalue weighted by Gasteiger charge is -2.04. The summed E-state index contributed by atoms with van der Waals surface area (Å²) in [7, 11) is -3.96. The number of hydrogen-bond acceptors (Lipinski definition) is 4. The lowest BCUT2D eigenvalue weighted by atomic mass is 10.2. The normalized spacial score (nSPS) is 25.5. The molecule has 1 aromatic rings. The van der Waals surface area contributed by atoms with Gasteiger partial charge < -0.3 is 5.32 Å². The standard InChI is InChI=1S/C12H18N4O3S/c1-6-4-8(6)5-14-12(17)10-11(20(13,18)19)9(15-16-10)7-2-3-7/h6-8H,2-5H2,1H3,(H,14,17)(H,15,16)(H2,13,18,19). The molecule has 110 valence electrons. The topological polar surface area (TPSA) is 118 Å². The molecule has 4 N–H and O–H groups in total. The number of nitrogens with one attached hydrogen (secondary N) is 2. The van der Waals surface area contributed by atoms with Crippen LogP contribution in [0.1, 0.15) is 48.3 Å². The van der Waals surface area contributed by atoms with Gasteiger partial charge in [-0.2, -0.15) is 5.10 Å². The van der Waals surface area contributed by atoms with Crippen LogP contribution in [0.15, 0.2) is 4.90 Å². The molecule has 2 atom stereocenters. The van der Waals surface area contributed by atoms with Gasteiger partial charge >= 0.3 is 0 Å². The number of nitrogens with two attached hydrogens (primary N) is 1. The third kappa shape index (κ3) is 2.57. The van der Waals surface area contributed by atoms with E-state index in [0.29, 0.717) is 24.1 Å². The van der Waals surface area contributed by atoms with Gasteiger partial charge in [-0.3, -0.25) is 9.89 Å². The van der Waals surface area contributed by atoms with E-state index in [2.05, 4.69) is 22.4 Å². The van der Waals surface area contributed by atoms with Gasteiger partial charge in [0.15, 0.2) is 5.69 Å². The van der Waals surface area contributed by atoms with Crippen molar-refractivity contribution in [3.8, 4) is 0 Å². The molecule has 3 rings (SSSR count). The summed E-state index contributed by atoms with van der Waals surface area (Å²) in [5, 5.41) is 14.5. The van der Waals surface area contributed by atoms with Crippen LogP contribution in [0, 0.1) is 11.8 Å². The number of rotatable bonds is 5. The van der Waals surface area contributed by atoms with E-state index in [1.54, 1.807) is 0 Å². The van der Waals surface area contributed by atoms with E-state index >= 15 is 0 Å². The highest BCUT2D eigenvalue weighted by molar-refractivity contribution is 7.89. The molecule has 1 amide bonds. The van der Waals surface area contributed by atoms with Gasteiger partial charge in [-0.05, 0) is 31.1 Å². The average molecular weight is 298 g/mol. The summed E-state index contributed by atoms with van der Waals surface area (Å²) < 4.78 is 23.4. The zero-order valence-electron chi connectivity index (χ0n) is 11.2. The number of aromatic nitrogens is 2. The summed E-state index contributed by atoms with van der Waals surface area (Å²) in [5.41, 5.74) is 0.361. The van der Waals surface area contributed by atoms with Crippen LogP contribution in [0.2, 0.25) is 0 Å². The molecule has 0 aliphatic heterocycles. The predicted molar refractivity (Wildman–Crippen MR) is 71.5 cm³/mol. The van der Waals surface area contributed by atoms with Gasteiger partial charge in [0.2, 0.25) is 10.0 Å². The Hall–Kier alpha value is -1.41. The van der Waals surface area contributed by atoms with Crippen LogP contribution in [0.25, 0.3) is 0 Å². The number of hydrogen-bond donors (Lipinski definition) is 3. The highest BCUT2D eigenvalue weighted by Gasteiger charge is 2.37. The zero-order valence-corrected chi connectivity index (χ0v) is 12.0. The molecule has 0 aromatic carbocycles. The Balaban J connectivity index is 1.83. The number of carbonyl (C=O) groups excluding carboxylic acids is 1. The van der Waals surface area contributed by atoms with Gasteiger partial charge in [0.25, 0.3) is 5.91 Å². The van der Waals surface area contributed by atoms with E-state index in [4.69, 9.17) is 5.14 Å². The van der Waals surface area contributed by atoms with E-state index in [-0.39, 0.29) is 16.5 Å². The van der Waals surface area contributed by atoms with Crippen molar-refractivity contribution in [1.29, 1.82) is 0 Å².